The number of hydrogen-bond acceptors (Lipinski definition) is 3. The molecule has 0 radical (unpaired) electrons. The Morgan fingerprint density at radius 3 is 3.08 bits per heavy atom. The number of nitrogens with one attached hydrogen (secondary N) is 1. The summed E-state index contributed by atoms with van der Waals surface area (Å²) in [6, 6.07) is 0. The van der Waals surface area contributed by atoms with E-state index in [0.29, 0.717) is 0 Å². The molecule has 1 saturated heterocycles. The first-order valence-electron chi connectivity index (χ1n) is 4.08. The van der Waals surface area contributed by atoms with E-state index in [9.17, 15) is 9.59 Å². The Hall–Kier alpha value is -1.06. The Morgan fingerprint density at radius 2 is 2.50 bits per heavy atom. The van der Waals surface area contributed by atoms with Crippen LogP contribution in [0.15, 0.2) is 0 Å². The molecule has 1 atom stereocenters. The minimum absolute atomic E-state index is 0.0216. The number of carbonyl (C=O) groups is 2. The fourth-order valence-electron chi connectivity index (χ4n) is 1.31. The van der Waals surface area contributed by atoms with Gasteiger partial charge in [-0.15, -0.1) is 0 Å². The largest absolute Gasteiger partial charge is 0.469 e. The second kappa shape index (κ2) is 4.09. The molecule has 0 spiro atoms. The van der Waals surface area contributed by atoms with Crippen LogP contribution >= 0.6 is 0 Å². The van der Waals surface area contributed by atoms with E-state index in [1.54, 1.807) is 0 Å². The lowest BCUT2D eigenvalue weighted by atomic mass is 9.95. The number of methoxy groups -OCH3 is 1. The highest BCUT2D eigenvalue weighted by Gasteiger charge is 2.24. The monoisotopic (exact) mass is 171 g/mol. The van der Waals surface area contributed by atoms with Gasteiger partial charge in [0.2, 0.25) is 5.91 Å². The lowest BCUT2D eigenvalue weighted by Crippen LogP contribution is -2.37. The summed E-state index contributed by atoms with van der Waals surface area (Å²) in [5.74, 6) is -0.505. The van der Waals surface area contributed by atoms with Crippen molar-refractivity contribution in [2.24, 2.45) is 5.92 Å². The lowest BCUT2D eigenvalue weighted by Gasteiger charge is -2.20. The van der Waals surface area contributed by atoms with Gasteiger partial charge in [-0.25, -0.2) is 0 Å². The Bertz CT molecular complexity index is 191. The molecule has 1 fully saturated rings. The van der Waals surface area contributed by atoms with Crippen molar-refractivity contribution in [2.45, 2.75) is 19.3 Å². The molecular formula is C8H13NO3. The summed E-state index contributed by atoms with van der Waals surface area (Å²) in [5.41, 5.74) is 0. The second-order valence-electron chi connectivity index (χ2n) is 2.91. The van der Waals surface area contributed by atoms with Crippen LogP contribution in [0.2, 0.25) is 0 Å². The van der Waals surface area contributed by atoms with Gasteiger partial charge in [-0.2, -0.15) is 0 Å². The van der Waals surface area contributed by atoms with Crippen LogP contribution < -0.4 is 5.32 Å². The maximum atomic E-state index is 11.1. The highest BCUT2D eigenvalue weighted by Crippen LogP contribution is 2.15. The minimum atomic E-state index is -0.308. The van der Waals surface area contributed by atoms with Crippen molar-refractivity contribution in [2.75, 3.05) is 13.7 Å². The van der Waals surface area contributed by atoms with Gasteiger partial charge in [-0.1, -0.05) is 0 Å². The summed E-state index contributed by atoms with van der Waals surface area (Å²) in [6.07, 6.45) is 1.96. The van der Waals surface area contributed by atoms with E-state index in [2.05, 4.69) is 10.1 Å². The Balaban J connectivity index is 2.39. The fraction of sp³-hybridized carbons (Fsp3) is 0.750. The highest BCUT2D eigenvalue weighted by molar-refractivity contribution is 5.84. The van der Waals surface area contributed by atoms with Crippen LogP contribution in [-0.4, -0.2) is 25.5 Å². The third kappa shape index (κ3) is 2.22. The third-order valence-electron chi connectivity index (χ3n) is 2.04. The van der Waals surface area contributed by atoms with Gasteiger partial charge < -0.3 is 10.1 Å². The van der Waals surface area contributed by atoms with Gasteiger partial charge in [0.1, 0.15) is 0 Å². The van der Waals surface area contributed by atoms with Crippen molar-refractivity contribution in [3.63, 3.8) is 0 Å². The molecule has 1 N–H and O–H groups in total. The molecule has 12 heavy (non-hydrogen) atoms. The lowest BCUT2D eigenvalue weighted by molar-refractivity contribution is -0.144. The number of carbonyl (C=O) groups excluding carboxylic acids is 2. The third-order valence-corrected chi connectivity index (χ3v) is 2.04. The van der Waals surface area contributed by atoms with E-state index < -0.39 is 0 Å². The summed E-state index contributed by atoms with van der Waals surface area (Å²) < 4.78 is 4.48. The summed E-state index contributed by atoms with van der Waals surface area (Å²) in [5, 5.41) is 2.71. The average molecular weight is 171 g/mol. The molecule has 4 nitrogen and oxygen atoms in total. The van der Waals surface area contributed by atoms with Gasteiger partial charge in [0.15, 0.2) is 0 Å². The van der Waals surface area contributed by atoms with Gasteiger partial charge in [0.05, 0.1) is 13.5 Å². The molecule has 1 heterocycles. The van der Waals surface area contributed by atoms with Crippen LogP contribution in [0.1, 0.15) is 19.3 Å². The van der Waals surface area contributed by atoms with Gasteiger partial charge in [0, 0.05) is 12.5 Å². The molecule has 0 bridgehead atoms. The van der Waals surface area contributed by atoms with Crippen molar-refractivity contribution >= 4 is 11.9 Å². The number of piperidine rings is 1. The van der Waals surface area contributed by atoms with E-state index in [1.807, 2.05) is 0 Å². The maximum absolute atomic E-state index is 11.1. The summed E-state index contributed by atoms with van der Waals surface area (Å²) >= 11 is 0. The highest BCUT2D eigenvalue weighted by atomic mass is 16.5. The quantitative estimate of drug-likeness (QED) is 0.598. The Morgan fingerprint density at radius 1 is 1.75 bits per heavy atom. The molecule has 0 aromatic heterocycles. The van der Waals surface area contributed by atoms with Crippen LogP contribution in [0.3, 0.4) is 0 Å². The topological polar surface area (TPSA) is 55.4 Å². The number of hydrogen-bond donors (Lipinski definition) is 1. The molecule has 0 aromatic rings. The standard InChI is InChI=1S/C8H13NO3/c1-12-7(10)5-6-3-2-4-9-8(6)11/h6H,2-5H2,1H3,(H,9,11)/t6-/m1/s1. The second-order valence-corrected chi connectivity index (χ2v) is 2.91. The predicted octanol–water partition coefficient (Wildman–Crippen LogP) is 0.0757. The molecule has 1 aliphatic rings. The molecule has 1 rings (SSSR count). The average Bonchev–Trinajstić information content (AvgIpc) is 2.09. The van der Waals surface area contributed by atoms with E-state index in [4.69, 9.17) is 0 Å². The van der Waals surface area contributed by atoms with Crippen molar-refractivity contribution < 1.29 is 14.3 Å². The molecule has 0 aliphatic carbocycles. The molecule has 4 heteroatoms. The van der Waals surface area contributed by atoms with Crippen LogP contribution in [0.5, 0.6) is 0 Å². The molecule has 0 unspecified atom stereocenters. The molecular weight excluding hydrogens is 158 g/mol. The molecule has 68 valence electrons. The number of rotatable bonds is 2. The molecule has 0 aromatic carbocycles. The van der Waals surface area contributed by atoms with Gasteiger partial charge >= 0.3 is 5.97 Å². The zero-order chi connectivity index (χ0) is 8.97. The number of ether oxygens (including phenoxy) is 1. The summed E-state index contributed by atoms with van der Waals surface area (Å²) in [7, 11) is 1.34. The SMILES string of the molecule is COC(=O)C[C@H]1CCCNC1=O. The van der Waals surface area contributed by atoms with Crippen LogP contribution in [0.4, 0.5) is 0 Å². The van der Waals surface area contributed by atoms with Gasteiger partial charge in [0.25, 0.3) is 0 Å². The van der Waals surface area contributed by atoms with Crippen LogP contribution in [0, 0.1) is 5.92 Å². The van der Waals surface area contributed by atoms with Crippen LogP contribution in [0.25, 0.3) is 0 Å². The first-order valence-corrected chi connectivity index (χ1v) is 4.08. The zero-order valence-corrected chi connectivity index (χ0v) is 7.13. The predicted molar refractivity (Wildman–Crippen MR) is 42.4 cm³/mol. The summed E-state index contributed by atoms with van der Waals surface area (Å²) in [6.45, 7) is 0.733. The normalized spacial score (nSPS) is 23.1. The van der Waals surface area contributed by atoms with E-state index in [-0.39, 0.29) is 24.2 Å². The fourth-order valence-corrected chi connectivity index (χ4v) is 1.31. The number of esters is 1. The zero-order valence-electron chi connectivity index (χ0n) is 7.13. The van der Waals surface area contributed by atoms with E-state index in [1.165, 1.54) is 7.11 Å². The molecule has 1 aliphatic heterocycles. The molecule has 1 amide bonds. The Labute approximate surface area is 71.3 Å². The van der Waals surface area contributed by atoms with Gasteiger partial charge in [-0.3, -0.25) is 9.59 Å². The van der Waals surface area contributed by atoms with Crippen molar-refractivity contribution in [3.8, 4) is 0 Å². The number of amides is 1. The van der Waals surface area contributed by atoms with Crippen molar-refractivity contribution in [1.82, 2.24) is 5.32 Å². The van der Waals surface area contributed by atoms with Crippen molar-refractivity contribution in [1.29, 1.82) is 0 Å². The first-order chi connectivity index (χ1) is 5.74. The van der Waals surface area contributed by atoms with E-state index in [0.717, 1.165) is 19.4 Å². The molecule has 0 saturated carbocycles. The van der Waals surface area contributed by atoms with E-state index >= 15 is 0 Å². The first kappa shape index (κ1) is 9.03. The maximum Gasteiger partial charge on any atom is 0.306 e. The van der Waals surface area contributed by atoms with Crippen molar-refractivity contribution in [3.05, 3.63) is 0 Å². The smallest absolute Gasteiger partial charge is 0.306 e. The van der Waals surface area contributed by atoms with Crippen LogP contribution in [-0.2, 0) is 14.3 Å². The van der Waals surface area contributed by atoms with Gasteiger partial charge in [-0.05, 0) is 12.8 Å². The summed E-state index contributed by atoms with van der Waals surface area (Å²) in [4.78, 5) is 22.0. The minimum Gasteiger partial charge on any atom is -0.469 e. The Kier molecular flexibility index (Phi) is 3.08.